The maximum Gasteiger partial charge on any atom is 0.359 e. The molecule has 4 nitrogen and oxygen atoms in total. The third-order valence-electron chi connectivity index (χ3n) is 2.04. The molecule has 0 aliphatic heterocycles. The molecular formula is C12H17BrN2O2. The summed E-state index contributed by atoms with van der Waals surface area (Å²) in [7, 11) is 0. The number of carbonyl (C=O) groups excluding carboxylic acids is 1. The number of esters is 1. The van der Waals surface area contributed by atoms with Crippen molar-refractivity contribution in [2.45, 2.75) is 32.8 Å². The van der Waals surface area contributed by atoms with Gasteiger partial charge in [0.15, 0.2) is 5.69 Å². The summed E-state index contributed by atoms with van der Waals surface area (Å²) < 4.78 is 5.24. The zero-order chi connectivity index (χ0) is 13.1. The number of hydrogen-bond donors (Lipinski definition) is 1. The van der Waals surface area contributed by atoms with E-state index in [4.69, 9.17) is 10.5 Å². The van der Waals surface area contributed by atoms with Crippen molar-refractivity contribution < 1.29 is 9.53 Å². The highest BCUT2D eigenvalue weighted by Crippen LogP contribution is 2.19. The van der Waals surface area contributed by atoms with E-state index in [-0.39, 0.29) is 5.69 Å². The van der Waals surface area contributed by atoms with E-state index in [0.717, 1.165) is 17.3 Å². The van der Waals surface area contributed by atoms with Gasteiger partial charge in [-0.05, 0) is 38.8 Å². The highest BCUT2D eigenvalue weighted by molar-refractivity contribution is 9.09. The Morgan fingerprint density at radius 2 is 2.18 bits per heavy atom. The first-order valence-electron chi connectivity index (χ1n) is 5.38. The molecule has 1 aromatic rings. The SMILES string of the molecule is CC(C)(C)OC(=O)c1nccc(CCBr)c1N. The van der Waals surface area contributed by atoms with E-state index in [1.165, 1.54) is 0 Å². The van der Waals surface area contributed by atoms with Crippen molar-refractivity contribution in [3.63, 3.8) is 0 Å². The molecule has 0 fully saturated rings. The van der Waals surface area contributed by atoms with Crippen LogP contribution in [0.15, 0.2) is 12.3 Å². The predicted octanol–water partition coefficient (Wildman–Crippen LogP) is 2.56. The maximum atomic E-state index is 11.9. The average Bonchev–Trinajstić information content (AvgIpc) is 2.18. The zero-order valence-corrected chi connectivity index (χ0v) is 11.9. The molecule has 1 aromatic heterocycles. The van der Waals surface area contributed by atoms with Gasteiger partial charge in [-0.2, -0.15) is 0 Å². The number of nitrogens with two attached hydrogens (primary N) is 1. The molecule has 0 radical (unpaired) electrons. The largest absolute Gasteiger partial charge is 0.455 e. The molecule has 5 heteroatoms. The van der Waals surface area contributed by atoms with Crippen molar-refractivity contribution in [3.05, 3.63) is 23.5 Å². The molecule has 0 saturated carbocycles. The predicted molar refractivity (Wildman–Crippen MR) is 71.3 cm³/mol. The van der Waals surface area contributed by atoms with Crippen molar-refractivity contribution in [1.29, 1.82) is 0 Å². The topological polar surface area (TPSA) is 65.2 Å². The highest BCUT2D eigenvalue weighted by atomic mass is 79.9. The van der Waals surface area contributed by atoms with Crippen molar-refractivity contribution in [3.8, 4) is 0 Å². The van der Waals surface area contributed by atoms with Crippen LogP contribution in [-0.2, 0) is 11.2 Å². The van der Waals surface area contributed by atoms with Crippen molar-refractivity contribution in [2.24, 2.45) is 0 Å². The van der Waals surface area contributed by atoms with Gasteiger partial charge in [0.05, 0.1) is 5.69 Å². The monoisotopic (exact) mass is 300 g/mol. The van der Waals surface area contributed by atoms with Crippen LogP contribution in [-0.4, -0.2) is 21.9 Å². The fraction of sp³-hybridized carbons (Fsp3) is 0.500. The van der Waals surface area contributed by atoms with E-state index in [9.17, 15) is 4.79 Å². The lowest BCUT2D eigenvalue weighted by atomic mass is 10.1. The molecule has 2 N–H and O–H groups in total. The second-order valence-corrected chi connectivity index (χ2v) is 5.47. The molecule has 0 bridgehead atoms. The van der Waals surface area contributed by atoms with E-state index in [1.54, 1.807) is 6.20 Å². The minimum Gasteiger partial charge on any atom is -0.455 e. The van der Waals surface area contributed by atoms with Crippen molar-refractivity contribution in [2.75, 3.05) is 11.1 Å². The summed E-state index contributed by atoms with van der Waals surface area (Å²) in [5.74, 6) is -0.480. The van der Waals surface area contributed by atoms with Gasteiger partial charge in [0, 0.05) is 11.5 Å². The molecule has 17 heavy (non-hydrogen) atoms. The third kappa shape index (κ3) is 4.00. The number of nitrogen functional groups attached to an aromatic ring is 1. The Labute approximate surface area is 110 Å². The van der Waals surface area contributed by atoms with Gasteiger partial charge < -0.3 is 10.5 Å². The number of aryl methyl sites for hydroxylation is 1. The Morgan fingerprint density at radius 1 is 1.53 bits per heavy atom. The zero-order valence-electron chi connectivity index (χ0n) is 10.3. The number of hydrogen-bond acceptors (Lipinski definition) is 4. The second-order valence-electron chi connectivity index (χ2n) is 4.67. The summed E-state index contributed by atoms with van der Waals surface area (Å²) in [6.07, 6.45) is 2.33. The Kier molecular flexibility index (Phi) is 4.51. The van der Waals surface area contributed by atoms with Gasteiger partial charge in [-0.3, -0.25) is 0 Å². The summed E-state index contributed by atoms with van der Waals surface area (Å²) in [6.45, 7) is 5.43. The van der Waals surface area contributed by atoms with Crippen LogP contribution in [0.4, 0.5) is 5.69 Å². The lowest BCUT2D eigenvalue weighted by molar-refractivity contribution is 0.00641. The number of halogens is 1. The molecule has 94 valence electrons. The summed E-state index contributed by atoms with van der Waals surface area (Å²) in [5.41, 5.74) is 6.86. The number of anilines is 1. The van der Waals surface area contributed by atoms with E-state index >= 15 is 0 Å². The van der Waals surface area contributed by atoms with Gasteiger partial charge in [0.1, 0.15) is 5.60 Å². The molecule has 0 amide bonds. The van der Waals surface area contributed by atoms with Gasteiger partial charge in [-0.25, -0.2) is 9.78 Å². The first-order chi connectivity index (χ1) is 7.85. The molecule has 0 aromatic carbocycles. The average molecular weight is 301 g/mol. The van der Waals surface area contributed by atoms with E-state index in [2.05, 4.69) is 20.9 Å². The minimum absolute atomic E-state index is 0.193. The first kappa shape index (κ1) is 14.0. The van der Waals surface area contributed by atoms with Crippen LogP contribution in [0.3, 0.4) is 0 Å². The Hall–Kier alpha value is -1.10. The van der Waals surface area contributed by atoms with Gasteiger partial charge in [0.25, 0.3) is 0 Å². The van der Waals surface area contributed by atoms with E-state index in [0.29, 0.717) is 5.69 Å². The lowest BCUT2D eigenvalue weighted by Gasteiger charge is -2.20. The van der Waals surface area contributed by atoms with E-state index in [1.807, 2.05) is 26.8 Å². The fourth-order valence-electron chi connectivity index (χ4n) is 1.32. The van der Waals surface area contributed by atoms with Gasteiger partial charge >= 0.3 is 5.97 Å². The number of ether oxygens (including phenoxy) is 1. The van der Waals surface area contributed by atoms with Crippen LogP contribution in [0, 0.1) is 0 Å². The van der Waals surface area contributed by atoms with Crippen molar-refractivity contribution in [1.82, 2.24) is 4.98 Å². The first-order valence-corrected chi connectivity index (χ1v) is 6.50. The third-order valence-corrected chi connectivity index (χ3v) is 2.43. The minimum atomic E-state index is -0.545. The molecule has 1 heterocycles. The van der Waals surface area contributed by atoms with Crippen LogP contribution < -0.4 is 5.73 Å². The number of pyridine rings is 1. The number of aromatic nitrogens is 1. The molecule has 1 rings (SSSR count). The van der Waals surface area contributed by atoms with E-state index < -0.39 is 11.6 Å². The molecule has 0 aliphatic carbocycles. The van der Waals surface area contributed by atoms with Crippen LogP contribution in [0.1, 0.15) is 36.8 Å². The van der Waals surface area contributed by atoms with Crippen molar-refractivity contribution >= 4 is 27.6 Å². The maximum absolute atomic E-state index is 11.9. The van der Waals surface area contributed by atoms with Gasteiger partial charge in [-0.1, -0.05) is 15.9 Å². The highest BCUT2D eigenvalue weighted by Gasteiger charge is 2.21. The number of nitrogens with zero attached hydrogens (tertiary/aromatic N) is 1. The standard InChI is InChI=1S/C12H17BrN2O2/c1-12(2,3)17-11(16)10-9(14)8(4-6-13)5-7-15-10/h5,7H,4,6,14H2,1-3H3. The normalized spacial score (nSPS) is 11.3. The fourth-order valence-corrected chi connectivity index (χ4v) is 1.75. The van der Waals surface area contributed by atoms with Crippen LogP contribution in [0.25, 0.3) is 0 Å². The van der Waals surface area contributed by atoms with Gasteiger partial charge in [0.2, 0.25) is 0 Å². The Balaban J connectivity index is 2.98. The summed E-state index contributed by atoms with van der Waals surface area (Å²) in [4.78, 5) is 15.9. The molecule has 0 saturated heterocycles. The number of alkyl halides is 1. The molecule has 0 spiro atoms. The molecular weight excluding hydrogens is 284 g/mol. The van der Waals surface area contributed by atoms with Crippen LogP contribution in [0.5, 0.6) is 0 Å². The molecule has 0 aliphatic rings. The van der Waals surface area contributed by atoms with Crippen LogP contribution >= 0.6 is 15.9 Å². The Morgan fingerprint density at radius 3 is 2.71 bits per heavy atom. The quantitative estimate of drug-likeness (QED) is 0.688. The summed E-state index contributed by atoms with van der Waals surface area (Å²) in [5, 5.41) is 0.787. The summed E-state index contributed by atoms with van der Waals surface area (Å²) in [6, 6.07) is 1.81. The van der Waals surface area contributed by atoms with Crippen LogP contribution in [0.2, 0.25) is 0 Å². The Bertz CT molecular complexity index is 413. The number of rotatable bonds is 3. The molecule has 0 atom stereocenters. The second kappa shape index (κ2) is 5.49. The smallest absolute Gasteiger partial charge is 0.359 e. The summed E-state index contributed by atoms with van der Waals surface area (Å²) >= 11 is 3.34. The van der Waals surface area contributed by atoms with Gasteiger partial charge in [-0.15, -0.1) is 0 Å². The number of carbonyl (C=O) groups is 1. The lowest BCUT2D eigenvalue weighted by Crippen LogP contribution is -2.25. The molecule has 0 unspecified atom stereocenters.